The van der Waals surface area contributed by atoms with Gasteiger partial charge in [-0.25, -0.2) is 0 Å². The number of hydrogen-bond donors (Lipinski definition) is 2. The van der Waals surface area contributed by atoms with Crippen LogP contribution >= 0.6 is 37.2 Å². The lowest BCUT2D eigenvalue weighted by molar-refractivity contribution is 0.373. The van der Waals surface area contributed by atoms with Gasteiger partial charge in [0.05, 0.1) is 12.8 Å². The van der Waals surface area contributed by atoms with Crippen LogP contribution in [0.25, 0.3) is 0 Å². The molecule has 0 amide bonds. The number of nitrogens with zero attached hydrogens (tertiary/aromatic N) is 1. The molecule has 1 rings (SSSR count). The van der Waals surface area contributed by atoms with E-state index < -0.39 is 0 Å². The predicted molar refractivity (Wildman–Crippen MR) is 84.4 cm³/mol. The van der Waals surface area contributed by atoms with Gasteiger partial charge in [-0.2, -0.15) is 0 Å². The van der Waals surface area contributed by atoms with E-state index in [1.807, 2.05) is 26.2 Å². The Hall–Kier alpha value is -0.390. The third kappa shape index (κ3) is 5.98. The first kappa shape index (κ1) is 22.8. The fourth-order valence-electron chi connectivity index (χ4n) is 1.61. The molecule has 0 atom stereocenters. The largest absolute Gasteiger partial charge is 0.494 e. The lowest BCUT2D eigenvalue weighted by Crippen LogP contribution is -2.13. The van der Waals surface area contributed by atoms with E-state index in [0.29, 0.717) is 12.2 Å². The van der Waals surface area contributed by atoms with Crippen molar-refractivity contribution in [3.63, 3.8) is 0 Å². The summed E-state index contributed by atoms with van der Waals surface area (Å²) in [5.74, 6) is 0.751. The molecule has 4 N–H and O–H groups in total. The molecular formula is C11H22Cl3N3O. The van der Waals surface area contributed by atoms with Crippen LogP contribution in [-0.4, -0.2) is 26.1 Å². The van der Waals surface area contributed by atoms with Crippen molar-refractivity contribution in [3.8, 4) is 5.75 Å². The van der Waals surface area contributed by atoms with Crippen LogP contribution in [0.5, 0.6) is 5.75 Å². The van der Waals surface area contributed by atoms with Crippen LogP contribution in [0.2, 0.25) is 0 Å². The van der Waals surface area contributed by atoms with E-state index in [1.54, 1.807) is 7.11 Å². The lowest BCUT2D eigenvalue weighted by atomic mass is 10.1. The van der Waals surface area contributed by atoms with E-state index in [2.05, 4.69) is 4.90 Å². The zero-order valence-corrected chi connectivity index (χ0v) is 13.3. The topological polar surface area (TPSA) is 64.5 Å². The Morgan fingerprint density at radius 2 is 1.72 bits per heavy atom. The molecule has 0 saturated carbocycles. The number of nitrogen functional groups attached to an aromatic ring is 1. The summed E-state index contributed by atoms with van der Waals surface area (Å²) < 4.78 is 5.28. The maximum atomic E-state index is 5.88. The Morgan fingerprint density at radius 3 is 2.11 bits per heavy atom. The molecule has 0 spiro atoms. The SMILES string of the molecule is COc1c(N)cc(CN)cc1CN(C)C.Cl.Cl.Cl. The Labute approximate surface area is 127 Å². The Balaban J connectivity index is -0.000000750. The van der Waals surface area contributed by atoms with Crippen LogP contribution in [0, 0.1) is 0 Å². The minimum atomic E-state index is 0. The van der Waals surface area contributed by atoms with E-state index in [1.165, 1.54) is 0 Å². The number of benzene rings is 1. The molecule has 0 saturated heterocycles. The highest BCUT2D eigenvalue weighted by Crippen LogP contribution is 2.28. The van der Waals surface area contributed by atoms with Gasteiger partial charge < -0.3 is 21.1 Å². The molecule has 0 fully saturated rings. The van der Waals surface area contributed by atoms with Gasteiger partial charge in [0.25, 0.3) is 0 Å². The summed E-state index contributed by atoms with van der Waals surface area (Å²) in [5, 5.41) is 0. The number of halogens is 3. The minimum Gasteiger partial charge on any atom is -0.494 e. The van der Waals surface area contributed by atoms with E-state index in [9.17, 15) is 0 Å². The van der Waals surface area contributed by atoms with E-state index >= 15 is 0 Å². The second-order valence-corrected chi connectivity index (χ2v) is 3.82. The van der Waals surface area contributed by atoms with Gasteiger partial charge in [-0.05, 0) is 31.8 Å². The molecule has 0 heterocycles. The molecule has 0 aliphatic heterocycles. The fourth-order valence-corrected chi connectivity index (χ4v) is 1.61. The summed E-state index contributed by atoms with van der Waals surface area (Å²) in [5.41, 5.74) is 14.2. The number of ether oxygens (including phenoxy) is 1. The van der Waals surface area contributed by atoms with Gasteiger partial charge >= 0.3 is 0 Å². The molecule has 0 aliphatic rings. The highest BCUT2D eigenvalue weighted by molar-refractivity contribution is 5.86. The van der Waals surface area contributed by atoms with Crippen molar-refractivity contribution in [1.29, 1.82) is 0 Å². The third-order valence-electron chi connectivity index (χ3n) is 2.18. The highest BCUT2D eigenvalue weighted by atomic mass is 35.5. The van der Waals surface area contributed by atoms with Crippen LogP contribution in [0.15, 0.2) is 12.1 Å². The average molecular weight is 319 g/mol. The Kier molecular flexibility index (Phi) is 13.3. The summed E-state index contributed by atoms with van der Waals surface area (Å²) in [6, 6.07) is 3.90. The van der Waals surface area contributed by atoms with Gasteiger partial charge in [0.2, 0.25) is 0 Å². The van der Waals surface area contributed by atoms with Gasteiger partial charge in [0, 0.05) is 18.7 Å². The molecule has 0 bridgehead atoms. The Bertz CT molecular complexity index is 349. The fraction of sp³-hybridized carbons (Fsp3) is 0.455. The van der Waals surface area contributed by atoms with Crippen molar-refractivity contribution in [2.24, 2.45) is 5.73 Å². The number of hydrogen-bond acceptors (Lipinski definition) is 4. The molecule has 4 nitrogen and oxygen atoms in total. The van der Waals surface area contributed by atoms with Crippen molar-refractivity contribution in [1.82, 2.24) is 4.90 Å². The highest BCUT2D eigenvalue weighted by Gasteiger charge is 2.09. The van der Waals surface area contributed by atoms with E-state index in [4.69, 9.17) is 16.2 Å². The van der Waals surface area contributed by atoms with Gasteiger partial charge in [0.1, 0.15) is 5.75 Å². The standard InChI is InChI=1S/C11H19N3O.3ClH/c1-14(2)7-9-4-8(6-12)5-10(13)11(9)15-3;;;/h4-5H,6-7,12-13H2,1-3H3;3*1H. The molecule has 7 heteroatoms. The monoisotopic (exact) mass is 317 g/mol. The molecule has 108 valence electrons. The molecule has 1 aromatic rings. The first-order valence-electron chi connectivity index (χ1n) is 4.88. The van der Waals surface area contributed by atoms with Crippen molar-refractivity contribution < 1.29 is 4.74 Å². The summed E-state index contributed by atoms with van der Waals surface area (Å²) in [4.78, 5) is 2.07. The smallest absolute Gasteiger partial charge is 0.146 e. The molecular weight excluding hydrogens is 296 g/mol. The number of anilines is 1. The van der Waals surface area contributed by atoms with Crippen molar-refractivity contribution >= 4 is 42.9 Å². The van der Waals surface area contributed by atoms with E-state index in [0.717, 1.165) is 23.4 Å². The minimum absolute atomic E-state index is 0. The lowest BCUT2D eigenvalue weighted by Gasteiger charge is -2.16. The molecule has 18 heavy (non-hydrogen) atoms. The second kappa shape index (κ2) is 10.5. The van der Waals surface area contributed by atoms with Crippen LogP contribution in [0.4, 0.5) is 5.69 Å². The zero-order valence-electron chi connectivity index (χ0n) is 10.8. The van der Waals surface area contributed by atoms with Crippen LogP contribution in [-0.2, 0) is 13.1 Å². The van der Waals surface area contributed by atoms with Gasteiger partial charge in [-0.15, -0.1) is 37.2 Å². The number of methoxy groups -OCH3 is 1. The molecule has 0 aromatic heterocycles. The summed E-state index contributed by atoms with van der Waals surface area (Å²) in [7, 11) is 5.64. The van der Waals surface area contributed by atoms with Crippen molar-refractivity contribution in [2.75, 3.05) is 26.9 Å². The molecule has 0 radical (unpaired) electrons. The van der Waals surface area contributed by atoms with Crippen molar-refractivity contribution in [3.05, 3.63) is 23.3 Å². The van der Waals surface area contributed by atoms with E-state index in [-0.39, 0.29) is 37.2 Å². The quantitative estimate of drug-likeness (QED) is 0.834. The molecule has 0 aliphatic carbocycles. The summed E-state index contributed by atoms with van der Waals surface area (Å²) in [6.07, 6.45) is 0. The molecule has 1 aromatic carbocycles. The third-order valence-corrected chi connectivity index (χ3v) is 2.18. The summed E-state index contributed by atoms with van der Waals surface area (Å²) >= 11 is 0. The van der Waals surface area contributed by atoms with Gasteiger partial charge in [0.15, 0.2) is 0 Å². The predicted octanol–water partition coefficient (Wildman–Crippen LogP) is 2.06. The maximum absolute atomic E-state index is 5.88. The van der Waals surface area contributed by atoms with Crippen LogP contribution in [0.3, 0.4) is 0 Å². The maximum Gasteiger partial charge on any atom is 0.146 e. The normalized spacial score (nSPS) is 8.94. The average Bonchev–Trinajstić information content (AvgIpc) is 2.16. The van der Waals surface area contributed by atoms with Gasteiger partial charge in [-0.1, -0.05) is 0 Å². The first-order valence-corrected chi connectivity index (χ1v) is 4.88. The number of nitrogens with two attached hydrogens (primary N) is 2. The number of rotatable bonds is 4. The zero-order chi connectivity index (χ0) is 11.4. The summed E-state index contributed by atoms with van der Waals surface area (Å²) in [6.45, 7) is 1.29. The first-order chi connectivity index (χ1) is 7.08. The molecule has 0 unspecified atom stereocenters. The van der Waals surface area contributed by atoms with Crippen molar-refractivity contribution in [2.45, 2.75) is 13.1 Å². The second-order valence-electron chi connectivity index (χ2n) is 3.82. The van der Waals surface area contributed by atoms with Crippen LogP contribution < -0.4 is 16.2 Å². The Morgan fingerprint density at radius 1 is 1.17 bits per heavy atom. The van der Waals surface area contributed by atoms with Gasteiger partial charge in [-0.3, -0.25) is 0 Å². The van der Waals surface area contributed by atoms with Crippen LogP contribution in [0.1, 0.15) is 11.1 Å².